The maximum absolute atomic E-state index is 13.8. The molecule has 1 N–H and O–H groups in total. The van der Waals surface area contributed by atoms with Gasteiger partial charge in [-0.25, -0.2) is 4.98 Å². The molecule has 2 heterocycles. The summed E-state index contributed by atoms with van der Waals surface area (Å²) in [6.07, 6.45) is 4.56. The molecule has 1 aromatic heterocycles. The molecule has 1 saturated carbocycles. The van der Waals surface area contributed by atoms with E-state index in [0.717, 1.165) is 54.1 Å². The summed E-state index contributed by atoms with van der Waals surface area (Å²) in [5.41, 5.74) is 3.10. The Labute approximate surface area is 263 Å². The number of carbonyl (C=O) groups is 2. The SMILES string of the molecule is Cc1csc([C@H]2CCCN2C(=O)c2cccc(C(=O)C[C@@H](Cc3ccccc3)[C@H](O)[C@@H]3CC[C@H](Oc4ccccc4)C3)c2)n1. The molecule has 1 amide bonds. The molecule has 1 saturated heterocycles. The average Bonchev–Trinajstić information content (AvgIpc) is 3.82. The highest BCUT2D eigenvalue weighted by Gasteiger charge is 2.37. The molecular formula is C37H40N2O4S. The van der Waals surface area contributed by atoms with Gasteiger partial charge in [-0.2, -0.15) is 0 Å². The van der Waals surface area contributed by atoms with Gasteiger partial charge in [0.25, 0.3) is 5.91 Å². The zero-order valence-electron chi connectivity index (χ0n) is 25.2. The lowest BCUT2D eigenvalue weighted by atomic mass is 9.81. The third kappa shape index (κ3) is 7.11. The zero-order chi connectivity index (χ0) is 30.5. The van der Waals surface area contributed by atoms with Crippen LogP contribution < -0.4 is 4.74 Å². The number of ketones is 1. The number of carbonyl (C=O) groups excluding carboxylic acids is 2. The number of rotatable bonds is 11. The van der Waals surface area contributed by atoms with Gasteiger partial charge in [0.15, 0.2) is 5.78 Å². The van der Waals surface area contributed by atoms with Crippen molar-refractivity contribution in [2.75, 3.05) is 6.54 Å². The predicted octanol–water partition coefficient (Wildman–Crippen LogP) is 7.47. The van der Waals surface area contributed by atoms with E-state index in [1.165, 1.54) is 0 Å². The van der Waals surface area contributed by atoms with Crippen molar-refractivity contribution in [1.82, 2.24) is 9.88 Å². The highest BCUT2D eigenvalue weighted by atomic mass is 32.1. The van der Waals surface area contributed by atoms with Crippen molar-refractivity contribution in [3.63, 3.8) is 0 Å². The van der Waals surface area contributed by atoms with Gasteiger partial charge in [0, 0.05) is 35.2 Å². The highest BCUT2D eigenvalue weighted by Crippen LogP contribution is 2.37. The van der Waals surface area contributed by atoms with E-state index in [0.29, 0.717) is 24.1 Å². The summed E-state index contributed by atoms with van der Waals surface area (Å²) >= 11 is 1.60. The molecule has 6 rings (SSSR count). The highest BCUT2D eigenvalue weighted by molar-refractivity contribution is 7.09. The van der Waals surface area contributed by atoms with Crippen LogP contribution in [0.1, 0.15) is 81.5 Å². The fourth-order valence-corrected chi connectivity index (χ4v) is 7.78. The van der Waals surface area contributed by atoms with Gasteiger partial charge >= 0.3 is 0 Å². The molecule has 1 aliphatic heterocycles. The van der Waals surface area contributed by atoms with Gasteiger partial charge in [-0.15, -0.1) is 11.3 Å². The van der Waals surface area contributed by atoms with Crippen LogP contribution in [0.3, 0.4) is 0 Å². The number of nitrogens with zero attached hydrogens (tertiary/aromatic N) is 2. The molecule has 3 aromatic carbocycles. The molecule has 7 heteroatoms. The molecule has 0 spiro atoms. The first-order valence-electron chi connectivity index (χ1n) is 15.7. The normalized spacial score (nSPS) is 21.2. The molecule has 0 unspecified atom stereocenters. The van der Waals surface area contributed by atoms with E-state index in [4.69, 9.17) is 4.74 Å². The first-order valence-corrected chi connectivity index (χ1v) is 16.6. The standard InChI is InChI=1S/C37H40N2O4S/c1-25-24-44-36(38-25)33-16-9-19-39(33)37(42)29-13-8-12-27(21-29)34(40)23-30(20-26-10-4-2-5-11-26)35(41)28-17-18-32(22-28)43-31-14-6-3-7-15-31/h2-8,10-15,21,24,28,30,32-33,35,41H,9,16-20,22-23H2,1H3/t28-,30-,32+,33-,35-/m1/s1. The van der Waals surface area contributed by atoms with Crippen LogP contribution in [-0.2, 0) is 6.42 Å². The minimum Gasteiger partial charge on any atom is -0.490 e. The van der Waals surface area contributed by atoms with E-state index < -0.39 is 6.10 Å². The summed E-state index contributed by atoms with van der Waals surface area (Å²) in [5.74, 6) is 0.537. The Kier molecular flexibility index (Phi) is 9.53. The molecule has 0 bridgehead atoms. The van der Waals surface area contributed by atoms with E-state index in [1.807, 2.05) is 65.7 Å². The van der Waals surface area contributed by atoms with Crippen molar-refractivity contribution in [2.45, 2.75) is 70.1 Å². The maximum Gasteiger partial charge on any atom is 0.254 e. The number of aromatic nitrogens is 1. The number of amides is 1. The molecule has 2 aliphatic rings. The van der Waals surface area contributed by atoms with Crippen LogP contribution in [0.5, 0.6) is 5.75 Å². The third-order valence-electron chi connectivity index (χ3n) is 9.09. The molecule has 6 nitrogen and oxygen atoms in total. The van der Waals surface area contributed by atoms with Gasteiger partial charge in [0.2, 0.25) is 0 Å². The van der Waals surface area contributed by atoms with Crippen LogP contribution >= 0.6 is 11.3 Å². The Morgan fingerprint density at radius 2 is 1.73 bits per heavy atom. The van der Waals surface area contributed by atoms with Crippen LogP contribution in [0.4, 0.5) is 0 Å². The quantitative estimate of drug-likeness (QED) is 0.179. The molecule has 44 heavy (non-hydrogen) atoms. The van der Waals surface area contributed by atoms with E-state index in [1.54, 1.807) is 35.6 Å². The lowest BCUT2D eigenvalue weighted by molar-refractivity contribution is 0.0414. The van der Waals surface area contributed by atoms with Crippen molar-refractivity contribution in [3.05, 3.63) is 118 Å². The largest absolute Gasteiger partial charge is 0.490 e. The van der Waals surface area contributed by atoms with E-state index in [2.05, 4.69) is 17.1 Å². The number of para-hydroxylation sites is 1. The number of likely N-dealkylation sites (tertiary alicyclic amines) is 1. The van der Waals surface area contributed by atoms with Crippen LogP contribution in [-0.4, -0.2) is 45.4 Å². The Balaban J connectivity index is 1.16. The minimum atomic E-state index is -0.638. The first kappa shape index (κ1) is 30.2. The number of benzene rings is 3. The van der Waals surface area contributed by atoms with Gasteiger partial charge in [-0.1, -0.05) is 60.7 Å². The molecule has 2 fully saturated rings. The van der Waals surface area contributed by atoms with Crippen LogP contribution in [0.2, 0.25) is 0 Å². The number of thiazole rings is 1. The summed E-state index contributed by atoms with van der Waals surface area (Å²) in [7, 11) is 0. The van der Waals surface area contributed by atoms with Crippen LogP contribution in [0.15, 0.2) is 90.3 Å². The summed E-state index contributed by atoms with van der Waals surface area (Å²) in [6, 6.07) is 27.0. The molecular weight excluding hydrogens is 568 g/mol. The lowest BCUT2D eigenvalue weighted by Crippen LogP contribution is -2.32. The smallest absolute Gasteiger partial charge is 0.254 e. The van der Waals surface area contributed by atoms with Crippen molar-refractivity contribution < 1.29 is 19.4 Å². The van der Waals surface area contributed by atoms with Crippen LogP contribution in [0.25, 0.3) is 0 Å². The number of ether oxygens (including phenoxy) is 1. The summed E-state index contributed by atoms with van der Waals surface area (Å²) in [4.78, 5) is 34.0. The van der Waals surface area contributed by atoms with E-state index in [9.17, 15) is 14.7 Å². The summed E-state index contributed by atoms with van der Waals surface area (Å²) < 4.78 is 6.20. The van der Waals surface area contributed by atoms with Gasteiger partial charge in [-0.3, -0.25) is 9.59 Å². The predicted molar refractivity (Wildman–Crippen MR) is 173 cm³/mol. The summed E-state index contributed by atoms with van der Waals surface area (Å²) in [6.45, 7) is 2.66. The number of Topliss-reactive ketones (excluding diaryl/α,β-unsaturated/α-hetero) is 1. The lowest BCUT2D eigenvalue weighted by Gasteiger charge is -2.28. The number of hydrogen-bond acceptors (Lipinski definition) is 6. The van der Waals surface area contributed by atoms with Crippen molar-refractivity contribution >= 4 is 23.0 Å². The Bertz CT molecular complexity index is 1560. The topological polar surface area (TPSA) is 79.7 Å². The first-order chi connectivity index (χ1) is 21.4. The Hall–Kier alpha value is -3.81. The summed E-state index contributed by atoms with van der Waals surface area (Å²) in [5, 5.41) is 14.7. The number of aryl methyl sites for hydroxylation is 1. The molecule has 4 aromatic rings. The number of hydrogen-bond donors (Lipinski definition) is 1. The molecule has 5 atom stereocenters. The maximum atomic E-state index is 13.8. The van der Waals surface area contributed by atoms with E-state index in [-0.39, 0.29) is 42.1 Å². The number of aliphatic hydroxyl groups is 1. The molecule has 1 aliphatic carbocycles. The fraction of sp³-hybridized carbons (Fsp3) is 0.378. The average molecular weight is 609 g/mol. The van der Waals surface area contributed by atoms with Gasteiger partial charge < -0.3 is 14.7 Å². The molecule has 228 valence electrons. The number of aliphatic hydroxyl groups excluding tert-OH is 1. The monoisotopic (exact) mass is 608 g/mol. The second-order valence-electron chi connectivity index (χ2n) is 12.3. The van der Waals surface area contributed by atoms with E-state index >= 15 is 0 Å². The van der Waals surface area contributed by atoms with Gasteiger partial charge in [0.05, 0.1) is 18.2 Å². The third-order valence-corrected chi connectivity index (χ3v) is 10.2. The van der Waals surface area contributed by atoms with Crippen molar-refractivity contribution in [2.24, 2.45) is 11.8 Å². The zero-order valence-corrected chi connectivity index (χ0v) is 26.0. The minimum absolute atomic E-state index is 0.0212. The van der Waals surface area contributed by atoms with Crippen molar-refractivity contribution in [3.8, 4) is 5.75 Å². The Morgan fingerprint density at radius 1 is 0.977 bits per heavy atom. The van der Waals surface area contributed by atoms with Gasteiger partial charge in [-0.05, 0) is 87.1 Å². The van der Waals surface area contributed by atoms with Gasteiger partial charge in [0.1, 0.15) is 10.8 Å². The second kappa shape index (κ2) is 13.9. The second-order valence-corrected chi connectivity index (χ2v) is 13.1. The van der Waals surface area contributed by atoms with Crippen molar-refractivity contribution in [1.29, 1.82) is 0 Å². The fourth-order valence-electron chi connectivity index (χ4n) is 6.84. The van der Waals surface area contributed by atoms with Crippen LogP contribution in [0, 0.1) is 18.8 Å². The Morgan fingerprint density at radius 3 is 2.48 bits per heavy atom. The molecule has 0 radical (unpaired) electrons.